The summed E-state index contributed by atoms with van der Waals surface area (Å²) in [5.41, 5.74) is 5.64. The second-order valence-corrected chi connectivity index (χ2v) is 5.35. The highest BCUT2D eigenvalue weighted by Crippen LogP contribution is 2.33. The molecular weight excluding hydrogens is 289 g/mol. The van der Waals surface area contributed by atoms with Crippen LogP contribution in [-0.2, 0) is 0 Å². The van der Waals surface area contributed by atoms with Gasteiger partial charge in [0.2, 0.25) is 0 Å². The van der Waals surface area contributed by atoms with Gasteiger partial charge in [-0.05, 0) is 41.3 Å². The molecule has 1 aliphatic carbocycles. The maximum Gasteiger partial charge on any atom is 0.147 e. The minimum absolute atomic E-state index is 0.565. The molecule has 2 rings (SSSR count). The number of rotatable bonds is 4. The van der Waals surface area contributed by atoms with Crippen molar-refractivity contribution in [1.29, 1.82) is 0 Å². The summed E-state index contributed by atoms with van der Waals surface area (Å²) < 4.78 is 0.905. The third kappa shape index (κ3) is 2.50. The van der Waals surface area contributed by atoms with Crippen molar-refractivity contribution in [3.05, 3.63) is 21.8 Å². The van der Waals surface area contributed by atoms with Crippen molar-refractivity contribution >= 4 is 33.3 Å². The van der Waals surface area contributed by atoms with Gasteiger partial charge in [0.25, 0.3) is 0 Å². The minimum Gasteiger partial charge on any atom is -0.351 e. The van der Waals surface area contributed by atoms with Crippen LogP contribution in [0.3, 0.4) is 0 Å². The Morgan fingerprint density at radius 3 is 2.81 bits per heavy atom. The summed E-state index contributed by atoms with van der Waals surface area (Å²) in [6.07, 6.45) is 5.51. The smallest absolute Gasteiger partial charge is 0.147 e. The van der Waals surface area contributed by atoms with E-state index in [4.69, 9.17) is 17.3 Å². The van der Waals surface area contributed by atoms with Crippen molar-refractivity contribution in [2.45, 2.75) is 25.3 Å². The first kappa shape index (κ1) is 12.1. The van der Waals surface area contributed by atoms with Crippen LogP contribution in [0, 0.1) is 0 Å². The lowest BCUT2D eigenvalue weighted by Crippen LogP contribution is -2.43. The molecule has 0 bridgehead atoms. The molecule has 0 unspecified atom stereocenters. The molecule has 1 aliphatic rings. The fourth-order valence-corrected chi connectivity index (χ4v) is 2.66. The van der Waals surface area contributed by atoms with E-state index in [0.717, 1.165) is 16.8 Å². The zero-order valence-corrected chi connectivity index (χ0v) is 11.3. The number of nitrogens with zero attached hydrogens (tertiary/aromatic N) is 2. The van der Waals surface area contributed by atoms with E-state index < -0.39 is 0 Å². The molecule has 1 saturated carbocycles. The van der Waals surface area contributed by atoms with Crippen LogP contribution in [0.1, 0.15) is 19.3 Å². The zero-order valence-electron chi connectivity index (χ0n) is 9.00. The van der Waals surface area contributed by atoms with E-state index in [2.05, 4.69) is 25.8 Å². The number of hydrogen-bond donors (Lipinski definition) is 1. The van der Waals surface area contributed by atoms with Gasteiger partial charge in [0.05, 0.1) is 5.02 Å². The highest BCUT2D eigenvalue weighted by atomic mass is 79.9. The van der Waals surface area contributed by atoms with E-state index in [1.807, 2.05) is 6.07 Å². The van der Waals surface area contributed by atoms with Gasteiger partial charge in [0.15, 0.2) is 0 Å². The van der Waals surface area contributed by atoms with Crippen molar-refractivity contribution in [3.63, 3.8) is 0 Å². The highest BCUT2D eigenvalue weighted by molar-refractivity contribution is 9.10. The van der Waals surface area contributed by atoms with Crippen LogP contribution in [-0.4, -0.2) is 24.1 Å². The van der Waals surface area contributed by atoms with E-state index in [1.54, 1.807) is 6.20 Å². The first-order valence-electron chi connectivity index (χ1n) is 5.50. The molecule has 0 aliphatic heterocycles. The van der Waals surface area contributed by atoms with E-state index in [1.165, 1.54) is 19.3 Å². The van der Waals surface area contributed by atoms with E-state index in [9.17, 15) is 0 Å². The van der Waals surface area contributed by atoms with Gasteiger partial charge in [-0.2, -0.15) is 0 Å². The van der Waals surface area contributed by atoms with E-state index in [0.29, 0.717) is 17.6 Å². The summed E-state index contributed by atoms with van der Waals surface area (Å²) in [6.45, 7) is 1.45. The molecule has 88 valence electrons. The summed E-state index contributed by atoms with van der Waals surface area (Å²) in [7, 11) is 0. The Morgan fingerprint density at radius 1 is 1.56 bits per heavy atom. The van der Waals surface area contributed by atoms with Gasteiger partial charge >= 0.3 is 0 Å². The summed E-state index contributed by atoms with van der Waals surface area (Å²) in [6, 6.07) is 2.45. The largest absolute Gasteiger partial charge is 0.351 e. The molecule has 0 aromatic carbocycles. The minimum atomic E-state index is 0.565. The quantitative estimate of drug-likeness (QED) is 0.930. The SMILES string of the molecule is NCCN(c1ncc(Br)cc1Cl)C1CCC1. The van der Waals surface area contributed by atoms with Crippen LogP contribution in [0.5, 0.6) is 0 Å². The molecule has 16 heavy (non-hydrogen) atoms. The van der Waals surface area contributed by atoms with E-state index in [-0.39, 0.29) is 0 Å². The molecule has 1 fully saturated rings. The number of nitrogens with two attached hydrogens (primary N) is 1. The molecule has 5 heteroatoms. The zero-order chi connectivity index (χ0) is 11.5. The summed E-state index contributed by atoms with van der Waals surface area (Å²) in [5.74, 6) is 0.861. The van der Waals surface area contributed by atoms with Gasteiger partial charge in [-0.3, -0.25) is 0 Å². The fourth-order valence-electron chi connectivity index (χ4n) is 1.92. The summed E-state index contributed by atoms with van der Waals surface area (Å²) in [5, 5.41) is 0.690. The van der Waals surface area contributed by atoms with Gasteiger partial charge < -0.3 is 10.6 Å². The maximum absolute atomic E-state index is 6.21. The van der Waals surface area contributed by atoms with Crippen molar-refractivity contribution in [2.24, 2.45) is 5.73 Å². The lowest BCUT2D eigenvalue weighted by molar-refractivity contribution is 0.386. The standard InChI is InChI=1S/C11H15BrClN3/c12-8-6-10(13)11(15-7-8)16(5-4-14)9-2-1-3-9/h6-7,9H,1-5,14H2. The van der Waals surface area contributed by atoms with Gasteiger partial charge in [0.1, 0.15) is 5.82 Å². The second-order valence-electron chi connectivity index (χ2n) is 4.03. The van der Waals surface area contributed by atoms with Crippen LogP contribution in [0.15, 0.2) is 16.7 Å². The number of anilines is 1. The second kappa shape index (κ2) is 5.34. The highest BCUT2D eigenvalue weighted by Gasteiger charge is 2.26. The molecule has 0 radical (unpaired) electrons. The third-order valence-corrected chi connectivity index (χ3v) is 3.66. The average molecular weight is 305 g/mol. The molecule has 0 atom stereocenters. The van der Waals surface area contributed by atoms with Crippen molar-refractivity contribution in [1.82, 2.24) is 4.98 Å². The van der Waals surface area contributed by atoms with Gasteiger partial charge in [-0.25, -0.2) is 4.98 Å². The Morgan fingerprint density at radius 2 is 2.31 bits per heavy atom. The first-order chi connectivity index (χ1) is 7.72. The monoisotopic (exact) mass is 303 g/mol. The maximum atomic E-state index is 6.21. The van der Waals surface area contributed by atoms with E-state index >= 15 is 0 Å². The first-order valence-corrected chi connectivity index (χ1v) is 6.67. The van der Waals surface area contributed by atoms with Crippen molar-refractivity contribution in [2.75, 3.05) is 18.0 Å². The topological polar surface area (TPSA) is 42.1 Å². The van der Waals surface area contributed by atoms with Crippen LogP contribution in [0.2, 0.25) is 5.02 Å². The lowest BCUT2D eigenvalue weighted by Gasteiger charge is -2.38. The van der Waals surface area contributed by atoms with Crippen molar-refractivity contribution in [3.8, 4) is 0 Å². The number of aromatic nitrogens is 1. The third-order valence-electron chi connectivity index (χ3n) is 2.95. The molecule has 1 aromatic heterocycles. The normalized spacial score (nSPS) is 15.9. The Labute approximate surface area is 109 Å². The molecule has 0 saturated heterocycles. The number of pyridine rings is 1. The molecule has 1 heterocycles. The Hall–Kier alpha value is -0.320. The predicted octanol–water partition coefficient (Wildman–Crippen LogP) is 2.82. The van der Waals surface area contributed by atoms with Crippen molar-refractivity contribution < 1.29 is 0 Å². The van der Waals surface area contributed by atoms with Crippen LogP contribution in [0.4, 0.5) is 5.82 Å². The molecule has 0 spiro atoms. The number of halogens is 2. The number of hydrogen-bond acceptors (Lipinski definition) is 3. The molecule has 0 amide bonds. The lowest BCUT2D eigenvalue weighted by atomic mass is 9.91. The molecule has 3 nitrogen and oxygen atoms in total. The Kier molecular flexibility index (Phi) is 4.05. The molecule has 1 aromatic rings. The van der Waals surface area contributed by atoms with Gasteiger partial charge in [-0.1, -0.05) is 11.6 Å². The Balaban J connectivity index is 2.23. The van der Waals surface area contributed by atoms with Crippen LogP contribution in [0.25, 0.3) is 0 Å². The summed E-state index contributed by atoms with van der Waals surface area (Å²) in [4.78, 5) is 6.63. The fraction of sp³-hybridized carbons (Fsp3) is 0.545. The summed E-state index contributed by atoms with van der Waals surface area (Å²) >= 11 is 9.57. The molecule has 2 N–H and O–H groups in total. The average Bonchev–Trinajstić information content (AvgIpc) is 2.14. The Bertz CT molecular complexity index is 368. The van der Waals surface area contributed by atoms with Crippen LogP contribution < -0.4 is 10.6 Å². The van der Waals surface area contributed by atoms with Crippen LogP contribution >= 0.6 is 27.5 Å². The van der Waals surface area contributed by atoms with Gasteiger partial charge in [-0.15, -0.1) is 0 Å². The molecular formula is C11H15BrClN3. The predicted molar refractivity (Wildman–Crippen MR) is 71.0 cm³/mol. The van der Waals surface area contributed by atoms with Gasteiger partial charge in [0, 0.05) is 29.8 Å².